The third kappa shape index (κ3) is 3.23. The lowest BCUT2D eigenvalue weighted by atomic mass is 9.76. The van der Waals surface area contributed by atoms with E-state index in [0.29, 0.717) is 0 Å². The van der Waals surface area contributed by atoms with Gasteiger partial charge >= 0.3 is 0 Å². The summed E-state index contributed by atoms with van der Waals surface area (Å²) in [7, 11) is 0. The molecule has 13 heavy (non-hydrogen) atoms. The molecular weight excluding hydrogens is 160 g/mol. The van der Waals surface area contributed by atoms with Crippen molar-refractivity contribution in [3.63, 3.8) is 0 Å². The zero-order valence-electron chi connectivity index (χ0n) is 8.80. The summed E-state index contributed by atoms with van der Waals surface area (Å²) < 4.78 is 0. The summed E-state index contributed by atoms with van der Waals surface area (Å²) in [4.78, 5) is 0. The highest BCUT2D eigenvalue weighted by Gasteiger charge is 2.29. The molecule has 1 unspecified atom stereocenters. The predicted octanol–water partition coefficient (Wildman–Crippen LogP) is 1.92. The van der Waals surface area contributed by atoms with Crippen LogP contribution < -0.4 is 11.5 Å². The Bertz CT molecular complexity index is 245. The molecule has 0 aromatic heterocycles. The number of allylic oxidation sites excluding steroid dienone is 2. The smallest absolute Gasteiger partial charge is 0.0402 e. The van der Waals surface area contributed by atoms with Crippen molar-refractivity contribution in [2.45, 2.75) is 39.2 Å². The van der Waals surface area contributed by atoms with Gasteiger partial charge in [0.2, 0.25) is 0 Å². The fourth-order valence-electron chi connectivity index (χ4n) is 1.97. The molecule has 0 fully saturated rings. The van der Waals surface area contributed by atoms with Gasteiger partial charge in [-0.05, 0) is 17.9 Å². The fraction of sp³-hybridized carbons (Fsp3) is 0.636. The van der Waals surface area contributed by atoms with Crippen LogP contribution in [0, 0.1) is 5.41 Å². The summed E-state index contributed by atoms with van der Waals surface area (Å²) in [6, 6.07) is 0. The summed E-state index contributed by atoms with van der Waals surface area (Å²) in [5, 5.41) is 0. The van der Waals surface area contributed by atoms with E-state index in [4.69, 9.17) is 11.5 Å². The average molecular weight is 180 g/mol. The molecule has 0 amide bonds. The Kier molecular flexibility index (Phi) is 2.53. The topological polar surface area (TPSA) is 52.0 Å². The maximum Gasteiger partial charge on any atom is 0.0402 e. The molecule has 0 bridgehead atoms. The quantitative estimate of drug-likeness (QED) is 0.647. The minimum Gasteiger partial charge on any atom is -0.402 e. The van der Waals surface area contributed by atoms with E-state index in [0.717, 1.165) is 18.5 Å². The van der Waals surface area contributed by atoms with E-state index < -0.39 is 0 Å². The summed E-state index contributed by atoms with van der Waals surface area (Å²) in [5.41, 5.74) is 12.9. The number of hydrogen-bond acceptors (Lipinski definition) is 2. The average Bonchev–Trinajstić information content (AvgIpc) is 1.79. The fourth-order valence-corrected chi connectivity index (χ4v) is 1.97. The minimum atomic E-state index is -0.239. The minimum absolute atomic E-state index is 0.239. The molecule has 1 rings (SSSR count). The molecule has 2 heteroatoms. The largest absolute Gasteiger partial charge is 0.402 e. The van der Waals surface area contributed by atoms with Gasteiger partial charge in [0.15, 0.2) is 0 Å². The molecule has 1 atom stereocenters. The van der Waals surface area contributed by atoms with Gasteiger partial charge in [0.1, 0.15) is 0 Å². The molecule has 74 valence electrons. The van der Waals surface area contributed by atoms with Crippen LogP contribution in [0.25, 0.3) is 0 Å². The molecule has 2 nitrogen and oxygen atoms in total. The molecular formula is C11H20N2. The van der Waals surface area contributed by atoms with Crippen LogP contribution in [-0.2, 0) is 0 Å². The van der Waals surface area contributed by atoms with Crippen LogP contribution in [-0.4, -0.2) is 5.54 Å². The Balaban J connectivity index is 2.69. The lowest BCUT2D eigenvalue weighted by molar-refractivity contribution is 0.290. The monoisotopic (exact) mass is 180 g/mol. The maximum atomic E-state index is 6.23. The van der Waals surface area contributed by atoms with Crippen LogP contribution in [0.1, 0.15) is 33.6 Å². The normalized spacial score (nSPS) is 28.8. The van der Waals surface area contributed by atoms with Crippen molar-refractivity contribution >= 4 is 0 Å². The van der Waals surface area contributed by atoms with Gasteiger partial charge < -0.3 is 11.5 Å². The Morgan fingerprint density at radius 2 is 2.08 bits per heavy atom. The van der Waals surface area contributed by atoms with E-state index in [1.165, 1.54) is 0 Å². The van der Waals surface area contributed by atoms with Crippen LogP contribution in [0.15, 0.2) is 23.9 Å². The zero-order chi connectivity index (χ0) is 10.1. The second kappa shape index (κ2) is 3.18. The van der Waals surface area contributed by atoms with Gasteiger partial charge in [0.25, 0.3) is 0 Å². The summed E-state index contributed by atoms with van der Waals surface area (Å²) in [6.07, 6.45) is 7.69. The highest BCUT2D eigenvalue weighted by molar-refractivity contribution is 5.25. The first-order chi connectivity index (χ1) is 5.81. The summed E-state index contributed by atoms with van der Waals surface area (Å²) in [6.45, 7) is 6.60. The van der Waals surface area contributed by atoms with Gasteiger partial charge in [0.05, 0.1) is 0 Å². The lowest BCUT2D eigenvalue weighted by Gasteiger charge is -2.34. The lowest BCUT2D eigenvalue weighted by Crippen LogP contribution is -2.43. The molecule has 0 heterocycles. The molecule has 0 saturated heterocycles. The van der Waals surface area contributed by atoms with E-state index in [2.05, 4.69) is 26.8 Å². The summed E-state index contributed by atoms with van der Waals surface area (Å²) >= 11 is 0. The highest BCUT2D eigenvalue weighted by atomic mass is 14.8. The zero-order valence-corrected chi connectivity index (χ0v) is 8.80. The number of rotatable bonds is 1. The van der Waals surface area contributed by atoms with E-state index in [1.807, 2.05) is 12.2 Å². The Hall–Kier alpha value is -0.760. The molecule has 0 spiro atoms. The van der Waals surface area contributed by atoms with E-state index in [-0.39, 0.29) is 11.0 Å². The standard InChI is InChI=1S/C11H20N2/c1-10(2,3)8-11(13)6-4-5-9(12)7-11/h4-6H,7-8,12-13H2,1-3H3. The van der Waals surface area contributed by atoms with Crippen molar-refractivity contribution in [2.75, 3.05) is 0 Å². The van der Waals surface area contributed by atoms with Crippen molar-refractivity contribution in [1.29, 1.82) is 0 Å². The van der Waals surface area contributed by atoms with Crippen molar-refractivity contribution in [3.05, 3.63) is 23.9 Å². The van der Waals surface area contributed by atoms with E-state index >= 15 is 0 Å². The molecule has 0 aliphatic heterocycles. The second-order valence-electron chi connectivity index (χ2n) is 5.25. The van der Waals surface area contributed by atoms with Crippen LogP contribution in [0.4, 0.5) is 0 Å². The number of nitrogens with two attached hydrogens (primary N) is 2. The Morgan fingerprint density at radius 1 is 1.46 bits per heavy atom. The van der Waals surface area contributed by atoms with Gasteiger partial charge in [-0.15, -0.1) is 0 Å². The van der Waals surface area contributed by atoms with Crippen LogP contribution in [0.3, 0.4) is 0 Å². The molecule has 0 radical (unpaired) electrons. The van der Waals surface area contributed by atoms with Crippen LogP contribution >= 0.6 is 0 Å². The van der Waals surface area contributed by atoms with Gasteiger partial charge in [-0.25, -0.2) is 0 Å². The van der Waals surface area contributed by atoms with Crippen molar-refractivity contribution < 1.29 is 0 Å². The second-order valence-corrected chi connectivity index (χ2v) is 5.25. The first-order valence-electron chi connectivity index (χ1n) is 4.74. The Labute approximate surface area is 80.7 Å². The van der Waals surface area contributed by atoms with Gasteiger partial charge in [-0.1, -0.05) is 32.9 Å². The summed E-state index contributed by atoms with van der Waals surface area (Å²) in [5.74, 6) is 0. The third-order valence-electron chi connectivity index (χ3n) is 2.13. The van der Waals surface area contributed by atoms with Gasteiger partial charge in [-0.2, -0.15) is 0 Å². The SMILES string of the molecule is CC(C)(C)CC1(N)C=CC=C(N)C1. The van der Waals surface area contributed by atoms with E-state index in [1.54, 1.807) is 0 Å². The maximum absolute atomic E-state index is 6.23. The molecule has 1 aliphatic carbocycles. The predicted molar refractivity (Wildman–Crippen MR) is 57.0 cm³/mol. The molecule has 0 saturated carbocycles. The molecule has 0 aromatic carbocycles. The third-order valence-corrected chi connectivity index (χ3v) is 2.13. The highest BCUT2D eigenvalue weighted by Crippen LogP contribution is 2.31. The van der Waals surface area contributed by atoms with Crippen molar-refractivity contribution in [3.8, 4) is 0 Å². The van der Waals surface area contributed by atoms with Crippen LogP contribution in [0.2, 0.25) is 0 Å². The number of hydrogen-bond donors (Lipinski definition) is 2. The van der Waals surface area contributed by atoms with Crippen molar-refractivity contribution in [1.82, 2.24) is 0 Å². The first kappa shape index (κ1) is 10.3. The first-order valence-corrected chi connectivity index (χ1v) is 4.74. The van der Waals surface area contributed by atoms with Gasteiger partial charge in [0, 0.05) is 17.7 Å². The molecule has 0 aromatic rings. The van der Waals surface area contributed by atoms with Crippen LogP contribution in [0.5, 0.6) is 0 Å². The van der Waals surface area contributed by atoms with Gasteiger partial charge in [-0.3, -0.25) is 0 Å². The molecule has 4 N–H and O–H groups in total. The molecule has 1 aliphatic rings. The van der Waals surface area contributed by atoms with Crippen molar-refractivity contribution in [2.24, 2.45) is 16.9 Å². The Morgan fingerprint density at radius 3 is 2.54 bits per heavy atom. The van der Waals surface area contributed by atoms with E-state index in [9.17, 15) is 0 Å².